The van der Waals surface area contributed by atoms with Crippen LogP contribution in [0.4, 0.5) is 5.82 Å². The Kier molecular flexibility index (Phi) is 4.06. The average Bonchev–Trinajstić information content (AvgIpc) is 3.02. The Morgan fingerprint density at radius 3 is 2.87 bits per heavy atom. The second kappa shape index (κ2) is 6.16. The molecule has 3 rings (SSSR count). The SMILES string of the molecule is CC(C)(CN=C(N)Nc1ccccn1)c1ccc2c(c1)OCO2. The number of ether oxygens (including phenoxy) is 2. The van der Waals surface area contributed by atoms with Crippen LogP contribution in [0.25, 0.3) is 0 Å². The first-order chi connectivity index (χ1) is 11.0. The molecule has 0 atom stereocenters. The Balaban J connectivity index is 1.69. The van der Waals surface area contributed by atoms with Crippen LogP contribution in [0.1, 0.15) is 19.4 Å². The Hall–Kier alpha value is -2.76. The third-order valence-corrected chi connectivity index (χ3v) is 3.72. The second-order valence-electron chi connectivity index (χ2n) is 5.99. The number of nitrogens with two attached hydrogens (primary N) is 1. The maximum absolute atomic E-state index is 5.94. The fourth-order valence-electron chi connectivity index (χ4n) is 2.30. The molecule has 0 spiro atoms. The second-order valence-corrected chi connectivity index (χ2v) is 5.99. The quantitative estimate of drug-likeness (QED) is 0.669. The van der Waals surface area contributed by atoms with Crippen LogP contribution in [0, 0.1) is 0 Å². The lowest BCUT2D eigenvalue weighted by Crippen LogP contribution is -2.28. The molecule has 3 N–H and O–H groups in total. The first-order valence-electron chi connectivity index (χ1n) is 7.43. The smallest absolute Gasteiger partial charge is 0.231 e. The molecule has 0 radical (unpaired) electrons. The van der Waals surface area contributed by atoms with E-state index in [1.165, 1.54) is 0 Å². The molecular formula is C17H20N4O2. The number of fused-ring (bicyclic) bond motifs is 1. The van der Waals surface area contributed by atoms with E-state index in [9.17, 15) is 0 Å². The van der Waals surface area contributed by atoms with E-state index in [4.69, 9.17) is 15.2 Å². The number of nitrogens with zero attached hydrogens (tertiary/aromatic N) is 2. The summed E-state index contributed by atoms with van der Waals surface area (Å²) in [6.07, 6.45) is 1.70. The number of hydrogen-bond donors (Lipinski definition) is 2. The molecule has 1 aromatic carbocycles. The normalized spacial score (nSPS) is 13.9. The standard InChI is InChI=1S/C17H20N4O2/c1-17(2,12-6-7-13-14(9-12)23-11-22-13)10-20-16(18)21-15-5-3-4-8-19-15/h3-9H,10-11H2,1-2H3,(H3,18,19,20,21). The van der Waals surface area contributed by atoms with E-state index in [0.717, 1.165) is 17.1 Å². The molecule has 6 heteroatoms. The fourth-order valence-corrected chi connectivity index (χ4v) is 2.30. The van der Waals surface area contributed by atoms with Crippen molar-refractivity contribution < 1.29 is 9.47 Å². The van der Waals surface area contributed by atoms with Gasteiger partial charge in [-0.05, 0) is 29.8 Å². The van der Waals surface area contributed by atoms with Gasteiger partial charge in [0.15, 0.2) is 17.5 Å². The lowest BCUT2D eigenvalue weighted by atomic mass is 9.84. The molecule has 120 valence electrons. The monoisotopic (exact) mass is 312 g/mol. The van der Waals surface area contributed by atoms with Gasteiger partial charge in [0, 0.05) is 11.6 Å². The van der Waals surface area contributed by atoms with Gasteiger partial charge < -0.3 is 20.5 Å². The minimum Gasteiger partial charge on any atom is -0.454 e. The van der Waals surface area contributed by atoms with Crippen molar-refractivity contribution in [2.45, 2.75) is 19.3 Å². The molecule has 0 fully saturated rings. The molecule has 0 saturated heterocycles. The van der Waals surface area contributed by atoms with E-state index in [0.29, 0.717) is 18.3 Å². The van der Waals surface area contributed by atoms with Crippen molar-refractivity contribution in [2.75, 3.05) is 18.7 Å². The highest BCUT2D eigenvalue weighted by atomic mass is 16.7. The van der Waals surface area contributed by atoms with Crippen molar-refractivity contribution in [1.82, 2.24) is 4.98 Å². The van der Waals surface area contributed by atoms with E-state index in [2.05, 4.69) is 29.1 Å². The summed E-state index contributed by atoms with van der Waals surface area (Å²) < 4.78 is 10.8. The number of benzene rings is 1. The van der Waals surface area contributed by atoms with Crippen LogP contribution in [0.3, 0.4) is 0 Å². The van der Waals surface area contributed by atoms with E-state index in [1.54, 1.807) is 6.20 Å². The van der Waals surface area contributed by atoms with Gasteiger partial charge in [-0.2, -0.15) is 0 Å². The van der Waals surface area contributed by atoms with Crippen LogP contribution >= 0.6 is 0 Å². The summed E-state index contributed by atoms with van der Waals surface area (Å²) >= 11 is 0. The third kappa shape index (κ3) is 3.53. The lowest BCUT2D eigenvalue weighted by molar-refractivity contribution is 0.174. The number of aromatic nitrogens is 1. The van der Waals surface area contributed by atoms with Crippen LogP contribution in [-0.2, 0) is 5.41 Å². The Morgan fingerprint density at radius 2 is 2.09 bits per heavy atom. The number of anilines is 1. The highest BCUT2D eigenvalue weighted by Gasteiger charge is 2.24. The van der Waals surface area contributed by atoms with Gasteiger partial charge in [-0.3, -0.25) is 4.99 Å². The first-order valence-corrected chi connectivity index (χ1v) is 7.43. The Labute approximate surface area is 135 Å². The van der Waals surface area contributed by atoms with Crippen LogP contribution in [-0.4, -0.2) is 24.3 Å². The molecule has 2 heterocycles. The zero-order chi connectivity index (χ0) is 16.3. The number of nitrogens with one attached hydrogen (secondary N) is 1. The molecule has 1 aliphatic heterocycles. The van der Waals surface area contributed by atoms with Gasteiger partial charge in [0.25, 0.3) is 0 Å². The molecule has 1 aromatic heterocycles. The summed E-state index contributed by atoms with van der Waals surface area (Å²) in [5, 5.41) is 2.98. The van der Waals surface area contributed by atoms with E-state index < -0.39 is 0 Å². The Morgan fingerprint density at radius 1 is 1.26 bits per heavy atom. The fraction of sp³-hybridized carbons (Fsp3) is 0.294. The minimum absolute atomic E-state index is 0.183. The molecule has 0 saturated carbocycles. The summed E-state index contributed by atoms with van der Waals surface area (Å²) in [6, 6.07) is 11.5. The summed E-state index contributed by atoms with van der Waals surface area (Å²) in [5.74, 6) is 2.58. The van der Waals surface area contributed by atoms with Gasteiger partial charge in [-0.25, -0.2) is 4.98 Å². The molecule has 0 bridgehead atoms. The lowest BCUT2D eigenvalue weighted by Gasteiger charge is -2.23. The zero-order valence-electron chi connectivity index (χ0n) is 13.2. The molecule has 23 heavy (non-hydrogen) atoms. The van der Waals surface area contributed by atoms with E-state index >= 15 is 0 Å². The Bertz CT molecular complexity index is 714. The molecule has 1 aliphatic rings. The van der Waals surface area contributed by atoms with Crippen molar-refractivity contribution >= 4 is 11.8 Å². The third-order valence-electron chi connectivity index (χ3n) is 3.72. The number of hydrogen-bond acceptors (Lipinski definition) is 4. The molecule has 6 nitrogen and oxygen atoms in total. The number of pyridine rings is 1. The molecule has 2 aromatic rings. The van der Waals surface area contributed by atoms with Crippen LogP contribution in [0.15, 0.2) is 47.6 Å². The summed E-state index contributed by atoms with van der Waals surface area (Å²) in [4.78, 5) is 8.59. The first kappa shape index (κ1) is 15.1. The van der Waals surface area contributed by atoms with Crippen molar-refractivity contribution in [2.24, 2.45) is 10.7 Å². The highest BCUT2D eigenvalue weighted by molar-refractivity contribution is 5.91. The zero-order valence-corrected chi connectivity index (χ0v) is 13.2. The van der Waals surface area contributed by atoms with Crippen LogP contribution in [0.2, 0.25) is 0 Å². The summed E-state index contributed by atoms with van der Waals surface area (Å²) in [6.45, 7) is 5.04. The predicted octanol–water partition coefficient (Wildman–Crippen LogP) is 2.51. The van der Waals surface area contributed by atoms with Gasteiger partial charge in [0.05, 0.1) is 6.54 Å². The number of guanidine groups is 1. The van der Waals surface area contributed by atoms with Crippen molar-refractivity contribution in [3.05, 3.63) is 48.2 Å². The minimum atomic E-state index is -0.183. The molecule has 0 aliphatic carbocycles. The van der Waals surface area contributed by atoms with Gasteiger partial charge in [0.2, 0.25) is 6.79 Å². The maximum Gasteiger partial charge on any atom is 0.231 e. The van der Waals surface area contributed by atoms with Gasteiger partial charge in [-0.15, -0.1) is 0 Å². The van der Waals surface area contributed by atoms with Crippen LogP contribution in [0.5, 0.6) is 11.5 Å². The van der Waals surface area contributed by atoms with Crippen molar-refractivity contribution in [3.8, 4) is 11.5 Å². The molecule has 0 unspecified atom stereocenters. The summed E-state index contributed by atoms with van der Waals surface area (Å²) in [5.41, 5.74) is 6.87. The van der Waals surface area contributed by atoms with Crippen molar-refractivity contribution in [1.29, 1.82) is 0 Å². The maximum atomic E-state index is 5.94. The van der Waals surface area contributed by atoms with Gasteiger partial charge in [-0.1, -0.05) is 26.0 Å². The van der Waals surface area contributed by atoms with E-state index in [-0.39, 0.29) is 12.2 Å². The molecular weight excluding hydrogens is 292 g/mol. The van der Waals surface area contributed by atoms with Gasteiger partial charge in [0.1, 0.15) is 5.82 Å². The number of rotatable bonds is 4. The van der Waals surface area contributed by atoms with Crippen molar-refractivity contribution in [3.63, 3.8) is 0 Å². The average molecular weight is 312 g/mol. The highest BCUT2D eigenvalue weighted by Crippen LogP contribution is 2.36. The summed E-state index contributed by atoms with van der Waals surface area (Å²) in [7, 11) is 0. The van der Waals surface area contributed by atoms with Crippen LogP contribution < -0.4 is 20.5 Å². The van der Waals surface area contributed by atoms with E-state index in [1.807, 2.05) is 36.4 Å². The largest absolute Gasteiger partial charge is 0.454 e. The predicted molar refractivity (Wildman–Crippen MR) is 89.9 cm³/mol. The van der Waals surface area contributed by atoms with Gasteiger partial charge >= 0.3 is 0 Å². The molecule has 0 amide bonds. The topological polar surface area (TPSA) is 81.8 Å². The number of aliphatic imine (C=N–C) groups is 1.